The van der Waals surface area contributed by atoms with Gasteiger partial charge in [-0.2, -0.15) is 5.26 Å². The van der Waals surface area contributed by atoms with Gasteiger partial charge in [0.25, 0.3) is 0 Å². The van der Waals surface area contributed by atoms with Crippen LogP contribution in [0.2, 0.25) is 0 Å². The maximum atomic E-state index is 9.03. The number of nitrogens with zero attached hydrogens (tertiary/aromatic N) is 1. The minimum Gasteiger partial charge on any atom is -0.496 e. The molecule has 0 saturated heterocycles. The summed E-state index contributed by atoms with van der Waals surface area (Å²) in [5, 5.41) is 9.03. The first-order chi connectivity index (χ1) is 7.10. The van der Waals surface area contributed by atoms with Crippen LogP contribution in [0.25, 0.3) is 5.57 Å². The second kappa shape index (κ2) is 4.65. The number of hydrogen-bond donors (Lipinski definition) is 0. The van der Waals surface area contributed by atoms with E-state index in [0.717, 1.165) is 28.0 Å². The Morgan fingerprint density at radius 2 is 2.00 bits per heavy atom. The third-order valence-corrected chi connectivity index (χ3v) is 2.30. The van der Waals surface area contributed by atoms with Gasteiger partial charge in [-0.3, -0.25) is 0 Å². The van der Waals surface area contributed by atoms with Crippen molar-refractivity contribution in [2.45, 2.75) is 20.8 Å². The first-order valence-electron chi connectivity index (χ1n) is 4.82. The summed E-state index contributed by atoms with van der Waals surface area (Å²) in [6.45, 7) is 5.86. The lowest BCUT2D eigenvalue weighted by Crippen LogP contribution is -1.90. The number of nitriles is 1. The van der Waals surface area contributed by atoms with Gasteiger partial charge in [-0.05, 0) is 50.1 Å². The van der Waals surface area contributed by atoms with Crippen LogP contribution in [-0.2, 0) is 0 Å². The minimum atomic E-state index is 0.737. The van der Waals surface area contributed by atoms with Crippen molar-refractivity contribution in [1.82, 2.24) is 0 Å². The van der Waals surface area contributed by atoms with Gasteiger partial charge in [0.05, 0.1) is 18.8 Å². The van der Waals surface area contributed by atoms with E-state index < -0.39 is 0 Å². The predicted octanol–water partition coefficient (Wildman–Crippen LogP) is 3.32. The Labute approximate surface area is 90.8 Å². The smallest absolute Gasteiger partial charge is 0.121 e. The highest BCUT2D eigenvalue weighted by atomic mass is 16.5. The Balaban J connectivity index is 3.25. The highest BCUT2D eigenvalue weighted by molar-refractivity contribution is 5.79. The molecule has 2 nitrogen and oxygen atoms in total. The fourth-order valence-corrected chi connectivity index (χ4v) is 1.50. The maximum Gasteiger partial charge on any atom is 0.121 e. The van der Waals surface area contributed by atoms with E-state index in [1.165, 1.54) is 0 Å². The van der Waals surface area contributed by atoms with Crippen LogP contribution in [0.1, 0.15) is 25.0 Å². The van der Waals surface area contributed by atoms with Crippen molar-refractivity contribution in [3.8, 4) is 11.8 Å². The summed E-state index contributed by atoms with van der Waals surface area (Å²) >= 11 is 0. The normalized spacial score (nSPS) is 9.27. The Kier molecular flexibility index (Phi) is 3.51. The largest absolute Gasteiger partial charge is 0.496 e. The first-order valence-corrected chi connectivity index (χ1v) is 4.82. The van der Waals surface area contributed by atoms with Gasteiger partial charge in [0.1, 0.15) is 5.75 Å². The Morgan fingerprint density at radius 1 is 1.33 bits per heavy atom. The van der Waals surface area contributed by atoms with Gasteiger partial charge in [-0.1, -0.05) is 5.57 Å². The molecule has 0 fully saturated rings. The van der Waals surface area contributed by atoms with Crippen molar-refractivity contribution in [2.24, 2.45) is 0 Å². The molecule has 78 valence electrons. The van der Waals surface area contributed by atoms with Gasteiger partial charge < -0.3 is 4.74 Å². The molecule has 0 N–H and O–H groups in total. The molecular formula is C13H15NO. The lowest BCUT2D eigenvalue weighted by Gasteiger charge is -2.07. The van der Waals surface area contributed by atoms with E-state index in [1.54, 1.807) is 7.11 Å². The molecule has 0 aromatic heterocycles. The van der Waals surface area contributed by atoms with Crippen molar-refractivity contribution in [1.29, 1.82) is 5.26 Å². The van der Waals surface area contributed by atoms with Crippen LogP contribution < -0.4 is 4.74 Å². The zero-order valence-electron chi connectivity index (χ0n) is 9.59. The maximum absolute atomic E-state index is 9.03. The number of aryl methyl sites for hydroxylation is 1. The van der Waals surface area contributed by atoms with E-state index in [1.807, 2.05) is 39.0 Å². The summed E-state index contributed by atoms with van der Waals surface area (Å²) in [5.41, 5.74) is 3.77. The van der Waals surface area contributed by atoms with Crippen LogP contribution in [0, 0.1) is 18.3 Å². The summed E-state index contributed by atoms with van der Waals surface area (Å²) in [7, 11) is 1.65. The zero-order chi connectivity index (χ0) is 11.4. The van der Waals surface area contributed by atoms with Gasteiger partial charge in [0.2, 0.25) is 0 Å². The van der Waals surface area contributed by atoms with E-state index in [0.29, 0.717) is 0 Å². The molecule has 0 amide bonds. The van der Waals surface area contributed by atoms with Crippen molar-refractivity contribution >= 4 is 5.57 Å². The molecule has 0 aliphatic rings. The Bertz CT molecular complexity index is 434. The molecule has 0 radical (unpaired) electrons. The molecule has 2 heteroatoms. The summed E-state index contributed by atoms with van der Waals surface area (Å²) in [6, 6.07) is 8.01. The van der Waals surface area contributed by atoms with E-state index in [9.17, 15) is 0 Å². The average molecular weight is 201 g/mol. The highest BCUT2D eigenvalue weighted by Gasteiger charge is 2.05. The lowest BCUT2D eigenvalue weighted by atomic mass is 10.0. The standard InChI is InChI=1S/C13H15NO/c1-9(2)12(8-14)11-5-6-13(15-4)10(3)7-11/h5-7H,1-4H3. The number of ether oxygens (including phenoxy) is 1. The van der Waals surface area contributed by atoms with Crippen molar-refractivity contribution in [3.63, 3.8) is 0 Å². The molecule has 15 heavy (non-hydrogen) atoms. The molecule has 0 spiro atoms. The van der Waals surface area contributed by atoms with Crippen LogP contribution in [0.3, 0.4) is 0 Å². The number of methoxy groups -OCH3 is 1. The van der Waals surface area contributed by atoms with E-state index in [4.69, 9.17) is 10.00 Å². The quantitative estimate of drug-likeness (QED) is 0.687. The lowest BCUT2D eigenvalue weighted by molar-refractivity contribution is 0.411. The molecule has 1 aromatic carbocycles. The summed E-state index contributed by atoms with van der Waals surface area (Å²) in [4.78, 5) is 0. The first kappa shape index (κ1) is 11.3. The molecule has 0 aliphatic heterocycles. The fraction of sp³-hybridized carbons (Fsp3) is 0.308. The number of rotatable bonds is 2. The van der Waals surface area contributed by atoms with Crippen LogP contribution in [0.4, 0.5) is 0 Å². The minimum absolute atomic E-state index is 0.737. The van der Waals surface area contributed by atoms with Gasteiger partial charge in [-0.25, -0.2) is 0 Å². The number of hydrogen-bond acceptors (Lipinski definition) is 2. The van der Waals surface area contributed by atoms with Gasteiger partial charge in [0, 0.05) is 0 Å². The SMILES string of the molecule is COc1ccc(C(C#N)=C(C)C)cc1C. The summed E-state index contributed by atoms with van der Waals surface area (Å²) in [5.74, 6) is 0.852. The molecule has 0 aliphatic carbocycles. The number of benzene rings is 1. The van der Waals surface area contributed by atoms with E-state index in [2.05, 4.69) is 6.07 Å². The van der Waals surface area contributed by atoms with E-state index >= 15 is 0 Å². The molecule has 0 saturated carbocycles. The average Bonchev–Trinajstić information content (AvgIpc) is 2.18. The second-order valence-corrected chi connectivity index (χ2v) is 3.67. The van der Waals surface area contributed by atoms with Crippen molar-refractivity contribution in [2.75, 3.05) is 7.11 Å². The molecular weight excluding hydrogens is 186 g/mol. The topological polar surface area (TPSA) is 33.0 Å². The zero-order valence-corrected chi connectivity index (χ0v) is 9.59. The van der Waals surface area contributed by atoms with Gasteiger partial charge >= 0.3 is 0 Å². The molecule has 0 atom stereocenters. The fourth-order valence-electron chi connectivity index (χ4n) is 1.50. The summed E-state index contributed by atoms with van der Waals surface area (Å²) < 4.78 is 5.17. The molecule has 0 bridgehead atoms. The Hall–Kier alpha value is -1.75. The third kappa shape index (κ3) is 2.38. The van der Waals surface area contributed by atoms with Gasteiger partial charge in [-0.15, -0.1) is 0 Å². The third-order valence-electron chi connectivity index (χ3n) is 2.30. The van der Waals surface area contributed by atoms with Gasteiger partial charge in [0.15, 0.2) is 0 Å². The predicted molar refractivity (Wildman–Crippen MR) is 61.6 cm³/mol. The molecule has 0 unspecified atom stereocenters. The highest BCUT2D eigenvalue weighted by Crippen LogP contribution is 2.24. The monoisotopic (exact) mass is 201 g/mol. The van der Waals surface area contributed by atoms with Crippen LogP contribution in [0.15, 0.2) is 23.8 Å². The van der Waals surface area contributed by atoms with Crippen LogP contribution in [0.5, 0.6) is 5.75 Å². The number of allylic oxidation sites excluding steroid dienone is 2. The van der Waals surface area contributed by atoms with Crippen LogP contribution in [-0.4, -0.2) is 7.11 Å². The molecule has 1 aromatic rings. The van der Waals surface area contributed by atoms with Crippen LogP contribution >= 0.6 is 0 Å². The van der Waals surface area contributed by atoms with Crippen molar-refractivity contribution < 1.29 is 4.74 Å². The Morgan fingerprint density at radius 3 is 2.40 bits per heavy atom. The second-order valence-electron chi connectivity index (χ2n) is 3.67. The molecule has 0 heterocycles. The summed E-state index contributed by atoms with van der Waals surface area (Å²) in [6.07, 6.45) is 0. The molecule has 1 rings (SSSR count). The van der Waals surface area contributed by atoms with E-state index in [-0.39, 0.29) is 0 Å². The van der Waals surface area contributed by atoms with Crippen molar-refractivity contribution in [3.05, 3.63) is 34.9 Å².